The average Bonchev–Trinajstić information content (AvgIpc) is 3.66. The van der Waals surface area contributed by atoms with E-state index >= 15 is 0 Å². The third kappa shape index (κ3) is 8.03. The van der Waals surface area contributed by atoms with Crippen molar-refractivity contribution in [2.45, 2.75) is 19.5 Å². The van der Waals surface area contributed by atoms with Crippen LogP contribution in [-0.2, 0) is 13.1 Å². The number of carbonyl (C=O) groups is 2. The lowest BCUT2D eigenvalue weighted by molar-refractivity contribution is 0.0995. The number of aromatic nitrogens is 4. The molecule has 2 aromatic carbocycles. The summed E-state index contributed by atoms with van der Waals surface area (Å²) in [5.41, 5.74) is 7.76. The number of ether oxygens (including phenoxy) is 3. The van der Waals surface area contributed by atoms with Crippen LogP contribution in [0.15, 0.2) is 53.8 Å². The van der Waals surface area contributed by atoms with Gasteiger partial charge in [-0.15, -0.1) is 0 Å². The Morgan fingerprint density at radius 3 is 2.43 bits per heavy atom. The number of anilines is 2. The Morgan fingerprint density at radius 1 is 0.922 bits per heavy atom. The summed E-state index contributed by atoms with van der Waals surface area (Å²) in [7, 11) is 1.57. The van der Waals surface area contributed by atoms with Crippen LogP contribution in [0.5, 0.6) is 17.2 Å². The number of hydrogen-bond donors (Lipinski definition) is 3. The highest BCUT2D eigenvalue weighted by Crippen LogP contribution is 2.37. The van der Waals surface area contributed by atoms with Gasteiger partial charge in [0, 0.05) is 96.3 Å². The number of carbonyl (C=O) groups excluding carboxylic acids is 2. The van der Waals surface area contributed by atoms with Gasteiger partial charge in [-0.05, 0) is 36.2 Å². The Morgan fingerprint density at radius 2 is 1.69 bits per heavy atom. The molecule has 7 rings (SSSR count). The number of amides is 2. The number of nitrogens with zero attached hydrogens (tertiary/aromatic N) is 8. The second-order valence-corrected chi connectivity index (χ2v) is 12.6. The first-order chi connectivity index (χ1) is 24.9. The van der Waals surface area contributed by atoms with Crippen molar-refractivity contribution in [3.63, 3.8) is 0 Å². The van der Waals surface area contributed by atoms with Gasteiger partial charge in [-0.1, -0.05) is 12.1 Å². The number of nitrogens with two attached hydrogens (primary N) is 1. The first-order valence-corrected chi connectivity index (χ1v) is 17.3. The van der Waals surface area contributed by atoms with Crippen LogP contribution in [0.3, 0.4) is 0 Å². The summed E-state index contributed by atoms with van der Waals surface area (Å²) in [6.07, 6.45) is 3.14. The fraction of sp³-hybridized carbons (Fsp3) is 0.429. The van der Waals surface area contributed by atoms with Crippen molar-refractivity contribution in [1.29, 1.82) is 0 Å². The molecule has 0 bridgehead atoms. The molecule has 0 unspecified atom stereocenters. The Bertz CT molecular complexity index is 1920. The number of piperazine rings is 2. The molecule has 0 spiro atoms. The number of nitrogens with one attached hydrogen (secondary N) is 2. The minimum atomic E-state index is -0.529. The lowest BCUT2D eigenvalue weighted by Crippen LogP contribution is -2.49. The van der Waals surface area contributed by atoms with Crippen LogP contribution in [0.25, 0.3) is 10.9 Å². The van der Waals surface area contributed by atoms with Gasteiger partial charge in [-0.2, -0.15) is 4.99 Å². The number of fused-ring (bicyclic) bond motifs is 3. The lowest BCUT2D eigenvalue weighted by Gasteiger charge is -2.34. The second-order valence-electron chi connectivity index (χ2n) is 12.6. The SMILES string of the molecule is COc1c(OCCCN2CCN(C(=O)Oc3ccc(CN4CCNCC4)cc3)CC2)ccc2c3n(c(=NC(=O)c4cnc(N)nc4)nc12)CCN3. The van der Waals surface area contributed by atoms with Crippen molar-refractivity contribution >= 4 is 34.7 Å². The van der Waals surface area contributed by atoms with Gasteiger partial charge in [-0.3, -0.25) is 19.2 Å². The topological polar surface area (TPSA) is 178 Å². The summed E-state index contributed by atoms with van der Waals surface area (Å²) in [4.78, 5) is 49.1. The van der Waals surface area contributed by atoms with Crippen LogP contribution in [0.2, 0.25) is 0 Å². The van der Waals surface area contributed by atoms with Gasteiger partial charge >= 0.3 is 6.09 Å². The molecule has 3 aliphatic heterocycles. The normalized spacial score (nSPS) is 16.9. The molecule has 16 heteroatoms. The van der Waals surface area contributed by atoms with E-state index in [9.17, 15) is 9.59 Å². The maximum Gasteiger partial charge on any atom is 0.415 e. The number of nitrogen functional groups attached to an aromatic ring is 1. The highest BCUT2D eigenvalue weighted by Gasteiger charge is 2.24. The maximum absolute atomic E-state index is 12.9. The predicted molar refractivity (Wildman–Crippen MR) is 190 cm³/mol. The lowest BCUT2D eigenvalue weighted by atomic mass is 10.2. The van der Waals surface area contributed by atoms with Crippen molar-refractivity contribution in [3.8, 4) is 17.2 Å². The van der Waals surface area contributed by atoms with Gasteiger partial charge in [0.05, 0.1) is 19.3 Å². The van der Waals surface area contributed by atoms with Gasteiger partial charge in [0.2, 0.25) is 11.6 Å². The molecule has 2 fully saturated rings. The quantitative estimate of drug-likeness (QED) is 0.204. The van der Waals surface area contributed by atoms with E-state index in [2.05, 4.69) is 35.4 Å². The van der Waals surface area contributed by atoms with Crippen molar-refractivity contribution in [2.24, 2.45) is 4.99 Å². The maximum atomic E-state index is 12.9. The fourth-order valence-electron chi connectivity index (χ4n) is 6.53. The first-order valence-electron chi connectivity index (χ1n) is 17.3. The largest absolute Gasteiger partial charge is 0.491 e. The van der Waals surface area contributed by atoms with Gasteiger partial charge in [0.25, 0.3) is 5.91 Å². The molecule has 0 saturated carbocycles. The van der Waals surface area contributed by atoms with Crippen molar-refractivity contribution < 1.29 is 23.8 Å². The Labute approximate surface area is 295 Å². The molecule has 0 radical (unpaired) electrons. The first kappa shape index (κ1) is 34.1. The Kier molecular flexibility index (Phi) is 10.5. The fourth-order valence-corrected chi connectivity index (χ4v) is 6.53. The van der Waals surface area contributed by atoms with Crippen LogP contribution in [-0.4, -0.2) is 125 Å². The average molecular weight is 698 g/mol. The van der Waals surface area contributed by atoms with Crippen molar-refractivity contribution in [1.82, 2.24) is 39.5 Å². The van der Waals surface area contributed by atoms with Gasteiger partial charge in [0.1, 0.15) is 17.1 Å². The van der Waals surface area contributed by atoms with Gasteiger partial charge in [0.15, 0.2) is 11.5 Å². The molecule has 0 atom stereocenters. The van der Waals surface area contributed by atoms with E-state index in [0.29, 0.717) is 55.6 Å². The van der Waals surface area contributed by atoms with Crippen LogP contribution in [0, 0.1) is 0 Å². The summed E-state index contributed by atoms with van der Waals surface area (Å²) in [6, 6.07) is 11.6. The van der Waals surface area contributed by atoms with Crippen LogP contribution in [0.4, 0.5) is 16.6 Å². The number of hydrogen-bond acceptors (Lipinski definition) is 13. The summed E-state index contributed by atoms with van der Waals surface area (Å²) in [5, 5.41) is 7.58. The predicted octanol–water partition coefficient (Wildman–Crippen LogP) is 1.57. The molecule has 4 N–H and O–H groups in total. The van der Waals surface area contributed by atoms with Crippen LogP contribution >= 0.6 is 0 Å². The molecular formula is C35H43N11O5. The zero-order valence-corrected chi connectivity index (χ0v) is 28.7. The zero-order chi connectivity index (χ0) is 35.2. The highest BCUT2D eigenvalue weighted by atomic mass is 16.6. The molecule has 51 heavy (non-hydrogen) atoms. The zero-order valence-electron chi connectivity index (χ0n) is 28.7. The van der Waals surface area contributed by atoms with E-state index in [4.69, 9.17) is 24.9 Å². The molecule has 5 heterocycles. The summed E-state index contributed by atoms with van der Waals surface area (Å²) in [5.74, 6) is 1.92. The van der Waals surface area contributed by atoms with E-state index in [1.54, 1.807) is 12.0 Å². The molecule has 0 aliphatic carbocycles. The third-order valence-electron chi connectivity index (χ3n) is 9.28. The van der Waals surface area contributed by atoms with Gasteiger partial charge in [-0.25, -0.2) is 19.7 Å². The Hall–Kier alpha value is -5.32. The van der Waals surface area contributed by atoms with E-state index in [-0.39, 0.29) is 23.2 Å². The monoisotopic (exact) mass is 697 g/mol. The van der Waals surface area contributed by atoms with Crippen molar-refractivity contribution in [3.05, 3.63) is 65.5 Å². The number of methoxy groups -OCH3 is 1. The molecule has 16 nitrogen and oxygen atoms in total. The summed E-state index contributed by atoms with van der Waals surface area (Å²) in [6.45, 7) is 10.3. The molecule has 3 aliphatic rings. The molecule has 2 amide bonds. The summed E-state index contributed by atoms with van der Waals surface area (Å²) >= 11 is 0. The molecule has 4 aromatic rings. The van der Waals surface area contributed by atoms with Crippen LogP contribution < -0.4 is 36.2 Å². The second kappa shape index (κ2) is 15.7. The number of rotatable bonds is 10. The smallest absolute Gasteiger partial charge is 0.415 e. The van der Waals surface area contributed by atoms with E-state index < -0.39 is 5.91 Å². The standard InChI is InChI=1S/C35H43N11O5/c1-49-30-28(8-7-27-29(30)41-34(46-15-11-38-31(27)46)42-32(47)25-21-39-33(36)40-22-25)50-20-2-12-43-16-18-45(19-17-43)35(48)51-26-5-3-24(4-6-26)23-44-13-9-37-10-14-44/h3-8,21-22,37-38H,2,9-20,23H2,1H3,(H2,36,39,40). The number of benzene rings is 2. The van der Waals surface area contributed by atoms with Crippen molar-refractivity contribution in [2.75, 3.05) is 90.2 Å². The minimum Gasteiger partial charge on any atom is -0.491 e. The molecule has 268 valence electrons. The third-order valence-corrected chi connectivity index (χ3v) is 9.28. The van der Waals surface area contributed by atoms with E-state index in [1.807, 2.05) is 41.0 Å². The summed E-state index contributed by atoms with van der Waals surface area (Å²) < 4.78 is 19.5. The van der Waals surface area contributed by atoms with Gasteiger partial charge < -0.3 is 35.5 Å². The molecule has 2 saturated heterocycles. The molecule has 2 aromatic heterocycles. The van der Waals surface area contributed by atoms with E-state index in [1.165, 1.54) is 18.0 Å². The van der Waals surface area contributed by atoms with Crippen LogP contribution in [0.1, 0.15) is 22.3 Å². The van der Waals surface area contributed by atoms with E-state index in [0.717, 1.165) is 70.0 Å². The minimum absolute atomic E-state index is 0.0750. The molecular weight excluding hydrogens is 654 g/mol. The highest BCUT2D eigenvalue weighted by molar-refractivity contribution is 5.96. The Balaban J connectivity index is 0.913.